The molecule has 0 amide bonds. The van der Waals surface area contributed by atoms with Crippen molar-refractivity contribution in [3.63, 3.8) is 0 Å². The number of nitrogens with two attached hydrogens (primary N) is 1. The maximum Gasteiger partial charge on any atom is 0.137 e. The van der Waals surface area contributed by atoms with Gasteiger partial charge in [-0.1, -0.05) is 6.07 Å². The summed E-state index contributed by atoms with van der Waals surface area (Å²) in [5, 5.41) is 8.71. The maximum atomic E-state index is 12.8. The third-order valence-electron chi connectivity index (χ3n) is 1.72. The Balaban J connectivity index is 0.00000169. The summed E-state index contributed by atoms with van der Waals surface area (Å²) in [5.74, 6) is -0.290. The van der Waals surface area contributed by atoms with Gasteiger partial charge in [0.2, 0.25) is 0 Å². The lowest BCUT2D eigenvalue weighted by atomic mass is 10.1. The van der Waals surface area contributed by atoms with Crippen molar-refractivity contribution in [2.75, 3.05) is 6.61 Å². The molecule has 1 rings (SSSR count). The fourth-order valence-electron chi connectivity index (χ4n) is 1.03. The van der Waals surface area contributed by atoms with Crippen LogP contribution in [0.5, 0.6) is 0 Å². The highest BCUT2D eigenvalue weighted by Gasteiger charge is 2.04. The average molecular weight is 285 g/mol. The molecule has 0 saturated carbocycles. The van der Waals surface area contributed by atoms with Gasteiger partial charge < -0.3 is 10.8 Å². The second-order valence-corrected chi connectivity index (χ2v) is 3.75. The summed E-state index contributed by atoms with van der Waals surface area (Å²) >= 11 is 3.08. The molecule has 5 heteroatoms. The summed E-state index contributed by atoms with van der Waals surface area (Å²) in [6, 6.07) is 4.43. The molecule has 0 radical (unpaired) electrons. The molecule has 0 heterocycles. The number of aliphatic hydroxyl groups excluding tert-OH is 1. The van der Waals surface area contributed by atoms with Crippen molar-refractivity contribution in [2.24, 2.45) is 5.73 Å². The molecule has 0 aromatic heterocycles. The van der Waals surface area contributed by atoms with E-state index in [4.69, 9.17) is 10.8 Å². The van der Waals surface area contributed by atoms with Crippen LogP contribution in [-0.4, -0.2) is 17.8 Å². The minimum atomic E-state index is -0.290. The highest BCUT2D eigenvalue weighted by atomic mass is 79.9. The predicted molar refractivity (Wildman–Crippen MR) is 60.1 cm³/mol. The van der Waals surface area contributed by atoms with Crippen LogP contribution in [0.25, 0.3) is 0 Å². The van der Waals surface area contributed by atoms with E-state index in [1.807, 2.05) is 0 Å². The van der Waals surface area contributed by atoms with E-state index >= 15 is 0 Å². The number of rotatable bonds is 3. The van der Waals surface area contributed by atoms with E-state index in [1.54, 1.807) is 12.1 Å². The smallest absolute Gasteiger partial charge is 0.137 e. The third kappa shape index (κ3) is 3.92. The van der Waals surface area contributed by atoms with E-state index in [2.05, 4.69) is 15.9 Å². The summed E-state index contributed by atoms with van der Waals surface area (Å²) in [4.78, 5) is 0. The van der Waals surface area contributed by atoms with Crippen molar-refractivity contribution in [1.29, 1.82) is 0 Å². The van der Waals surface area contributed by atoms with Gasteiger partial charge in [-0.05, 0) is 40.0 Å². The highest BCUT2D eigenvalue weighted by Crippen LogP contribution is 2.17. The maximum absolute atomic E-state index is 12.8. The standard InChI is InChI=1S/C9H11BrFNO.ClH/c10-8-4-6(1-2-9(8)11)3-7(12)5-13;/h1-2,4,7,13H,3,5,12H2;1H. The van der Waals surface area contributed by atoms with Gasteiger partial charge in [0.1, 0.15) is 5.82 Å². The van der Waals surface area contributed by atoms with Crippen LogP contribution < -0.4 is 5.73 Å². The van der Waals surface area contributed by atoms with E-state index in [0.29, 0.717) is 10.9 Å². The van der Waals surface area contributed by atoms with E-state index in [-0.39, 0.29) is 30.9 Å². The lowest BCUT2D eigenvalue weighted by Crippen LogP contribution is -2.26. The third-order valence-corrected chi connectivity index (χ3v) is 2.32. The van der Waals surface area contributed by atoms with E-state index in [0.717, 1.165) is 5.56 Å². The van der Waals surface area contributed by atoms with Gasteiger partial charge in [-0.15, -0.1) is 12.4 Å². The normalized spacial score (nSPS) is 12.0. The summed E-state index contributed by atoms with van der Waals surface area (Å²) in [5.41, 5.74) is 6.45. The van der Waals surface area contributed by atoms with Gasteiger partial charge in [-0.3, -0.25) is 0 Å². The van der Waals surface area contributed by atoms with Gasteiger partial charge in [0.15, 0.2) is 0 Å². The average Bonchev–Trinajstić information content (AvgIpc) is 2.11. The van der Waals surface area contributed by atoms with Crippen LogP contribution >= 0.6 is 28.3 Å². The zero-order valence-electron chi connectivity index (χ0n) is 7.41. The Labute approximate surface area is 96.8 Å². The molecule has 0 aliphatic rings. The molecule has 0 aliphatic heterocycles. The molecule has 0 bridgehead atoms. The molecule has 1 atom stereocenters. The molecular weight excluding hydrogens is 272 g/mol. The summed E-state index contributed by atoms with van der Waals surface area (Å²) < 4.78 is 13.2. The lowest BCUT2D eigenvalue weighted by molar-refractivity contribution is 0.265. The van der Waals surface area contributed by atoms with Gasteiger partial charge in [0.05, 0.1) is 11.1 Å². The Morgan fingerprint density at radius 2 is 2.14 bits per heavy atom. The van der Waals surface area contributed by atoms with Crippen LogP contribution in [0.4, 0.5) is 4.39 Å². The minimum absolute atomic E-state index is 0. The number of hydrogen-bond acceptors (Lipinski definition) is 2. The summed E-state index contributed by atoms with van der Waals surface area (Å²) in [6.07, 6.45) is 0.551. The van der Waals surface area contributed by atoms with Crippen molar-refractivity contribution in [2.45, 2.75) is 12.5 Å². The molecule has 2 nitrogen and oxygen atoms in total. The Morgan fingerprint density at radius 3 is 2.64 bits per heavy atom. The minimum Gasteiger partial charge on any atom is -0.395 e. The molecule has 0 fully saturated rings. The molecule has 3 N–H and O–H groups in total. The van der Waals surface area contributed by atoms with Crippen LogP contribution in [0.15, 0.2) is 22.7 Å². The topological polar surface area (TPSA) is 46.2 Å². The Hall–Kier alpha value is -0.160. The zero-order valence-corrected chi connectivity index (χ0v) is 9.81. The van der Waals surface area contributed by atoms with Crippen molar-refractivity contribution >= 4 is 28.3 Å². The highest BCUT2D eigenvalue weighted by molar-refractivity contribution is 9.10. The van der Waals surface area contributed by atoms with Crippen LogP contribution in [0.1, 0.15) is 5.56 Å². The molecule has 14 heavy (non-hydrogen) atoms. The molecule has 0 spiro atoms. The molecule has 1 unspecified atom stereocenters. The molecular formula is C9H12BrClFNO. The number of aliphatic hydroxyl groups is 1. The molecule has 0 aliphatic carbocycles. The fraction of sp³-hybridized carbons (Fsp3) is 0.333. The van der Waals surface area contributed by atoms with Crippen molar-refractivity contribution in [1.82, 2.24) is 0 Å². The van der Waals surface area contributed by atoms with Crippen LogP contribution in [0.3, 0.4) is 0 Å². The first-order chi connectivity index (χ1) is 6.13. The van der Waals surface area contributed by atoms with E-state index in [1.165, 1.54) is 6.07 Å². The number of halogens is 3. The van der Waals surface area contributed by atoms with E-state index < -0.39 is 0 Å². The first kappa shape index (κ1) is 13.8. The number of hydrogen-bond donors (Lipinski definition) is 2. The monoisotopic (exact) mass is 283 g/mol. The SMILES string of the molecule is Cl.NC(CO)Cc1ccc(F)c(Br)c1. The second-order valence-electron chi connectivity index (χ2n) is 2.90. The zero-order chi connectivity index (χ0) is 9.84. The molecule has 1 aromatic rings. The van der Waals surface area contributed by atoms with Crippen molar-refractivity contribution in [3.05, 3.63) is 34.1 Å². The van der Waals surface area contributed by atoms with Gasteiger partial charge in [-0.25, -0.2) is 4.39 Å². The first-order valence-corrected chi connectivity index (χ1v) is 4.73. The van der Waals surface area contributed by atoms with Gasteiger partial charge in [0, 0.05) is 6.04 Å². The first-order valence-electron chi connectivity index (χ1n) is 3.94. The van der Waals surface area contributed by atoms with Gasteiger partial charge in [-0.2, -0.15) is 0 Å². The van der Waals surface area contributed by atoms with Gasteiger partial charge >= 0.3 is 0 Å². The quantitative estimate of drug-likeness (QED) is 0.890. The van der Waals surface area contributed by atoms with Crippen molar-refractivity contribution in [3.8, 4) is 0 Å². The summed E-state index contributed by atoms with van der Waals surface area (Å²) in [6.45, 7) is -0.0605. The number of benzene rings is 1. The predicted octanol–water partition coefficient (Wildman–Crippen LogP) is 1.87. The lowest BCUT2D eigenvalue weighted by Gasteiger charge is -2.08. The van der Waals surface area contributed by atoms with E-state index in [9.17, 15) is 4.39 Å². The molecule has 80 valence electrons. The Kier molecular flexibility index (Phi) is 6.27. The Bertz CT molecular complexity index is 298. The van der Waals surface area contributed by atoms with Crippen LogP contribution in [-0.2, 0) is 6.42 Å². The Morgan fingerprint density at radius 1 is 1.50 bits per heavy atom. The largest absolute Gasteiger partial charge is 0.395 e. The van der Waals surface area contributed by atoms with Crippen molar-refractivity contribution < 1.29 is 9.50 Å². The summed E-state index contributed by atoms with van der Waals surface area (Å²) in [7, 11) is 0. The molecule has 0 saturated heterocycles. The van der Waals surface area contributed by atoms with Crippen LogP contribution in [0.2, 0.25) is 0 Å². The second kappa shape index (κ2) is 6.35. The molecule has 1 aromatic carbocycles. The van der Waals surface area contributed by atoms with Gasteiger partial charge in [0.25, 0.3) is 0 Å². The van der Waals surface area contributed by atoms with Crippen LogP contribution in [0, 0.1) is 5.82 Å². The fourth-order valence-corrected chi connectivity index (χ4v) is 1.46.